The predicted molar refractivity (Wildman–Crippen MR) is 100 cm³/mol. The van der Waals surface area contributed by atoms with Gasteiger partial charge in [0.05, 0.1) is 10.9 Å². The minimum absolute atomic E-state index is 0.0317. The van der Waals surface area contributed by atoms with Crippen LogP contribution in [-0.2, 0) is 14.8 Å². The van der Waals surface area contributed by atoms with Crippen molar-refractivity contribution < 1.29 is 18.0 Å². The van der Waals surface area contributed by atoms with Crippen LogP contribution in [0.2, 0.25) is 0 Å². The fourth-order valence-corrected chi connectivity index (χ4v) is 4.98. The second kappa shape index (κ2) is 7.57. The summed E-state index contributed by atoms with van der Waals surface area (Å²) in [7, 11) is -3.80. The van der Waals surface area contributed by atoms with E-state index in [9.17, 15) is 18.0 Å². The monoisotopic (exact) mass is 394 g/mol. The minimum Gasteiger partial charge on any atom is -0.368 e. The van der Waals surface area contributed by atoms with Gasteiger partial charge in [-0.15, -0.1) is 0 Å². The molecule has 9 heteroatoms. The number of sulfonamides is 1. The van der Waals surface area contributed by atoms with E-state index in [-0.39, 0.29) is 28.8 Å². The molecule has 2 saturated heterocycles. The Morgan fingerprint density at radius 3 is 2.33 bits per heavy atom. The van der Waals surface area contributed by atoms with Crippen LogP contribution in [0.15, 0.2) is 23.1 Å². The number of aryl methyl sites for hydroxylation is 1. The van der Waals surface area contributed by atoms with E-state index >= 15 is 0 Å². The fraction of sp³-hybridized carbons (Fsp3) is 0.556. The highest BCUT2D eigenvalue weighted by Crippen LogP contribution is 2.27. The van der Waals surface area contributed by atoms with Crippen LogP contribution in [0.25, 0.3) is 0 Å². The maximum absolute atomic E-state index is 12.8. The number of primary sulfonamides is 1. The number of hydrogen-bond donors (Lipinski definition) is 2. The van der Waals surface area contributed by atoms with Crippen molar-refractivity contribution in [3.63, 3.8) is 0 Å². The van der Waals surface area contributed by atoms with Gasteiger partial charge in [-0.25, -0.2) is 13.6 Å². The van der Waals surface area contributed by atoms with Crippen LogP contribution in [0.1, 0.15) is 41.6 Å². The highest BCUT2D eigenvalue weighted by molar-refractivity contribution is 7.89. The van der Waals surface area contributed by atoms with Gasteiger partial charge in [0.2, 0.25) is 15.9 Å². The summed E-state index contributed by atoms with van der Waals surface area (Å²) < 4.78 is 23.0. The summed E-state index contributed by atoms with van der Waals surface area (Å²) in [5, 5.41) is 5.17. The van der Waals surface area contributed by atoms with E-state index in [2.05, 4.69) is 4.90 Å². The van der Waals surface area contributed by atoms with E-state index in [0.717, 1.165) is 32.2 Å². The number of hydrogen-bond acceptors (Lipinski definition) is 5. The molecule has 0 aliphatic carbocycles. The van der Waals surface area contributed by atoms with Crippen LogP contribution < -0.4 is 10.9 Å². The molecule has 1 atom stereocenters. The van der Waals surface area contributed by atoms with Crippen molar-refractivity contribution in [3.8, 4) is 0 Å². The molecule has 148 valence electrons. The zero-order valence-corrected chi connectivity index (χ0v) is 16.2. The lowest BCUT2D eigenvalue weighted by Gasteiger charge is -2.38. The first-order valence-corrected chi connectivity index (χ1v) is 10.7. The van der Waals surface area contributed by atoms with Gasteiger partial charge >= 0.3 is 0 Å². The standard InChI is InChI=1S/C18H26N4O4S/c1-12-11-13(4-5-16(12)27(20,25)26)18(24)21-9-6-14(7-10-21)22-8-2-3-15(22)17(19)23/h4-5,11,14-15H,2-3,6-10H2,1H3,(H2,19,23)(H2,20,25,26). The van der Waals surface area contributed by atoms with Crippen molar-refractivity contribution in [2.45, 2.75) is 49.6 Å². The van der Waals surface area contributed by atoms with Crippen molar-refractivity contribution in [1.82, 2.24) is 9.80 Å². The quantitative estimate of drug-likeness (QED) is 0.754. The number of amides is 2. The molecule has 1 aromatic rings. The topological polar surface area (TPSA) is 127 Å². The summed E-state index contributed by atoms with van der Waals surface area (Å²) in [5.74, 6) is -0.387. The zero-order chi connectivity index (χ0) is 19.8. The molecule has 1 unspecified atom stereocenters. The smallest absolute Gasteiger partial charge is 0.253 e. The molecule has 3 rings (SSSR count). The molecule has 2 amide bonds. The van der Waals surface area contributed by atoms with E-state index in [4.69, 9.17) is 10.9 Å². The van der Waals surface area contributed by atoms with Gasteiger partial charge < -0.3 is 10.6 Å². The SMILES string of the molecule is Cc1cc(C(=O)N2CCC(N3CCCC3C(N)=O)CC2)ccc1S(N)(=O)=O. The molecule has 0 saturated carbocycles. The van der Waals surface area contributed by atoms with E-state index in [0.29, 0.717) is 24.2 Å². The Morgan fingerprint density at radius 1 is 1.11 bits per heavy atom. The fourth-order valence-electron chi connectivity index (χ4n) is 4.22. The number of benzene rings is 1. The molecule has 2 aliphatic rings. The van der Waals surface area contributed by atoms with Gasteiger partial charge in [-0.2, -0.15) is 0 Å². The molecule has 2 fully saturated rings. The molecule has 8 nitrogen and oxygen atoms in total. The lowest BCUT2D eigenvalue weighted by atomic mass is 10.0. The number of nitrogens with zero attached hydrogens (tertiary/aromatic N) is 2. The van der Waals surface area contributed by atoms with E-state index in [1.165, 1.54) is 12.1 Å². The number of rotatable bonds is 4. The van der Waals surface area contributed by atoms with Crippen molar-refractivity contribution in [2.75, 3.05) is 19.6 Å². The van der Waals surface area contributed by atoms with E-state index in [1.807, 2.05) is 0 Å². The molecule has 27 heavy (non-hydrogen) atoms. The van der Waals surface area contributed by atoms with Crippen molar-refractivity contribution in [1.29, 1.82) is 0 Å². The van der Waals surface area contributed by atoms with Gasteiger partial charge in [0, 0.05) is 24.7 Å². The number of likely N-dealkylation sites (tertiary alicyclic amines) is 2. The average molecular weight is 394 g/mol. The maximum Gasteiger partial charge on any atom is 0.253 e. The van der Waals surface area contributed by atoms with Crippen LogP contribution in [-0.4, -0.2) is 61.7 Å². The predicted octanol–water partition coefficient (Wildman–Crippen LogP) is 0.197. The Labute approximate surface area is 159 Å². The Balaban J connectivity index is 1.65. The summed E-state index contributed by atoms with van der Waals surface area (Å²) in [6.07, 6.45) is 3.38. The molecule has 2 heterocycles. The van der Waals surface area contributed by atoms with Crippen LogP contribution in [0.4, 0.5) is 0 Å². The molecule has 0 radical (unpaired) electrons. The van der Waals surface area contributed by atoms with Gasteiger partial charge in [0.25, 0.3) is 5.91 Å². The largest absolute Gasteiger partial charge is 0.368 e. The highest BCUT2D eigenvalue weighted by atomic mass is 32.2. The van der Waals surface area contributed by atoms with Gasteiger partial charge in [-0.3, -0.25) is 14.5 Å². The Hall–Kier alpha value is -1.97. The number of primary amides is 1. The molecule has 2 aliphatic heterocycles. The minimum atomic E-state index is -3.80. The lowest BCUT2D eigenvalue weighted by molar-refractivity contribution is -0.123. The normalized spacial score (nSPS) is 22.1. The molecule has 1 aromatic carbocycles. The number of carbonyl (C=O) groups is 2. The van der Waals surface area contributed by atoms with Gasteiger partial charge in [-0.1, -0.05) is 0 Å². The molecular weight excluding hydrogens is 368 g/mol. The summed E-state index contributed by atoms with van der Waals surface area (Å²) in [6, 6.07) is 4.53. The summed E-state index contributed by atoms with van der Waals surface area (Å²) >= 11 is 0. The van der Waals surface area contributed by atoms with Crippen LogP contribution in [0.3, 0.4) is 0 Å². The van der Waals surface area contributed by atoms with Gasteiger partial charge in [0.1, 0.15) is 0 Å². The van der Waals surface area contributed by atoms with Crippen LogP contribution in [0, 0.1) is 6.92 Å². The van der Waals surface area contributed by atoms with Gasteiger partial charge in [0.15, 0.2) is 0 Å². The second-order valence-corrected chi connectivity index (χ2v) is 8.88. The number of nitrogens with two attached hydrogens (primary N) is 2. The van der Waals surface area contributed by atoms with Crippen LogP contribution >= 0.6 is 0 Å². The van der Waals surface area contributed by atoms with Crippen molar-refractivity contribution in [3.05, 3.63) is 29.3 Å². The summed E-state index contributed by atoms with van der Waals surface area (Å²) in [6.45, 7) is 3.70. The first kappa shape index (κ1) is 19.8. The lowest BCUT2D eigenvalue weighted by Crippen LogP contribution is -2.51. The number of carbonyl (C=O) groups excluding carboxylic acids is 2. The third-order valence-corrected chi connectivity index (χ3v) is 6.64. The molecule has 0 bridgehead atoms. The third-order valence-electron chi connectivity index (χ3n) is 5.57. The van der Waals surface area contributed by atoms with E-state index in [1.54, 1.807) is 17.9 Å². The average Bonchev–Trinajstić information content (AvgIpc) is 3.10. The molecule has 0 spiro atoms. The summed E-state index contributed by atoms with van der Waals surface area (Å²) in [4.78, 5) is 28.4. The van der Waals surface area contributed by atoms with Gasteiger partial charge in [-0.05, 0) is 62.9 Å². The Bertz CT molecular complexity index is 847. The van der Waals surface area contributed by atoms with Crippen molar-refractivity contribution in [2.24, 2.45) is 10.9 Å². The first-order valence-electron chi connectivity index (χ1n) is 9.16. The summed E-state index contributed by atoms with van der Waals surface area (Å²) in [5.41, 5.74) is 6.42. The Kier molecular flexibility index (Phi) is 5.55. The van der Waals surface area contributed by atoms with E-state index < -0.39 is 10.0 Å². The molecule has 0 aromatic heterocycles. The van der Waals surface area contributed by atoms with Crippen LogP contribution in [0.5, 0.6) is 0 Å². The maximum atomic E-state index is 12.8. The molecule has 4 N–H and O–H groups in total. The zero-order valence-electron chi connectivity index (χ0n) is 15.4. The molecular formula is C18H26N4O4S. The second-order valence-electron chi connectivity index (χ2n) is 7.35. The first-order chi connectivity index (χ1) is 12.7. The number of piperidine rings is 1. The third kappa shape index (κ3) is 4.15. The van der Waals surface area contributed by atoms with Crippen molar-refractivity contribution >= 4 is 21.8 Å². The highest BCUT2D eigenvalue weighted by Gasteiger charge is 2.36. The Morgan fingerprint density at radius 2 is 1.78 bits per heavy atom.